The topological polar surface area (TPSA) is 113 Å². The molecule has 0 aliphatic carbocycles. The van der Waals surface area contributed by atoms with Crippen LogP contribution in [-0.4, -0.2) is 32.7 Å². The van der Waals surface area contributed by atoms with Crippen LogP contribution in [-0.2, 0) is 4.79 Å². The Hall–Kier alpha value is -3.14. The quantitative estimate of drug-likeness (QED) is 0.471. The van der Waals surface area contributed by atoms with Crippen molar-refractivity contribution in [1.82, 2.24) is 26.0 Å². The maximum Gasteiger partial charge on any atom is 0.286 e. The second kappa shape index (κ2) is 7.62. The van der Waals surface area contributed by atoms with Crippen LogP contribution in [0.1, 0.15) is 10.5 Å². The summed E-state index contributed by atoms with van der Waals surface area (Å²) >= 11 is 1.01. The predicted octanol–water partition coefficient (Wildman–Crippen LogP) is 1.76. The highest BCUT2D eigenvalue weighted by atomic mass is 32.2. The molecule has 2 aromatic heterocycles. The summed E-state index contributed by atoms with van der Waals surface area (Å²) in [4.78, 5) is 26.1. The maximum absolute atomic E-state index is 12.9. The Labute approximate surface area is 145 Å². The first-order chi connectivity index (χ1) is 12.1. The van der Waals surface area contributed by atoms with Gasteiger partial charge in [-0.25, -0.2) is 4.39 Å². The Balaban J connectivity index is 1.48. The van der Waals surface area contributed by atoms with Crippen LogP contribution in [0.15, 0.2) is 52.2 Å². The van der Waals surface area contributed by atoms with E-state index in [0.29, 0.717) is 11.3 Å². The molecule has 0 aliphatic heterocycles. The molecule has 25 heavy (non-hydrogen) atoms. The lowest BCUT2D eigenvalue weighted by Crippen LogP contribution is -2.42. The van der Waals surface area contributed by atoms with Gasteiger partial charge in [0.05, 0.1) is 5.75 Å². The molecule has 0 atom stereocenters. The van der Waals surface area contributed by atoms with Crippen LogP contribution in [0.5, 0.6) is 0 Å². The van der Waals surface area contributed by atoms with E-state index in [0.717, 1.165) is 11.8 Å². The lowest BCUT2D eigenvalue weighted by molar-refractivity contribution is -0.119. The van der Waals surface area contributed by atoms with Crippen LogP contribution in [0.2, 0.25) is 0 Å². The normalized spacial score (nSPS) is 10.4. The number of hydrogen-bond acceptors (Lipinski definition) is 6. The molecule has 0 bridgehead atoms. The lowest BCUT2D eigenvalue weighted by atomic mass is 10.2. The van der Waals surface area contributed by atoms with Crippen LogP contribution < -0.4 is 10.9 Å². The summed E-state index contributed by atoms with van der Waals surface area (Å²) in [7, 11) is 0. The third-order valence-corrected chi connectivity index (χ3v) is 3.80. The number of carbonyl (C=O) groups is 2. The Kier molecular flexibility index (Phi) is 5.09. The van der Waals surface area contributed by atoms with E-state index in [9.17, 15) is 14.0 Å². The fraction of sp³-hybridized carbons (Fsp3) is 0.0667. The van der Waals surface area contributed by atoms with Crippen molar-refractivity contribution in [2.24, 2.45) is 0 Å². The second-order valence-corrected chi connectivity index (χ2v) is 5.68. The fourth-order valence-electron chi connectivity index (χ4n) is 1.81. The summed E-state index contributed by atoms with van der Waals surface area (Å²) < 4.78 is 18.3. The average molecular weight is 361 g/mol. The van der Waals surface area contributed by atoms with Crippen LogP contribution >= 0.6 is 11.8 Å². The van der Waals surface area contributed by atoms with E-state index in [-0.39, 0.29) is 22.7 Å². The highest BCUT2D eigenvalue weighted by molar-refractivity contribution is 7.99. The zero-order chi connectivity index (χ0) is 17.6. The van der Waals surface area contributed by atoms with Crippen molar-refractivity contribution in [2.45, 2.75) is 5.22 Å². The van der Waals surface area contributed by atoms with E-state index in [2.05, 4.69) is 26.0 Å². The molecule has 0 spiro atoms. The van der Waals surface area contributed by atoms with Crippen molar-refractivity contribution >= 4 is 23.6 Å². The highest BCUT2D eigenvalue weighted by Crippen LogP contribution is 2.23. The number of nitrogens with one attached hydrogen (secondary N) is 3. The molecule has 8 nitrogen and oxygen atoms in total. The first kappa shape index (κ1) is 16.7. The molecule has 3 rings (SSSR count). The third kappa shape index (κ3) is 4.44. The average Bonchev–Trinajstić information content (AvgIpc) is 3.30. The molecule has 3 aromatic rings. The summed E-state index contributed by atoms with van der Waals surface area (Å²) in [5, 5.41) is 7.82. The molecular formula is C15H12FN5O3S. The number of aromatic nitrogens is 3. The van der Waals surface area contributed by atoms with Gasteiger partial charge in [0.15, 0.2) is 0 Å². The number of thioether (sulfide) groups is 1. The van der Waals surface area contributed by atoms with Crippen molar-refractivity contribution in [2.75, 3.05) is 5.75 Å². The van der Waals surface area contributed by atoms with Gasteiger partial charge in [-0.1, -0.05) is 11.8 Å². The minimum absolute atomic E-state index is 0.0317. The molecule has 0 saturated heterocycles. The van der Waals surface area contributed by atoms with Gasteiger partial charge in [-0.05, 0) is 36.4 Å². The third-order valence-electron chi connectivity index (χ3n) is 2.98. The van der Waals surface area contributed by atoms with E-state index in [4.69, 9.17) is 4.42 Å². The Morgan fingerprint density at radius 2 is 1.96 bits per heavy atom. The fourth-order valence-corrected chi connectivity index (χ4v) is 2.37. The summed E-state index contributed by atoms with van der Waals surface area (Å²) in [5.74, 6) is -1.07. The molecule has 0 fully saturated rings. The standard InChI is InChI=1S/C15H12FN5O3S/c16-10-5-3-9(4-6-10)14-20-21-15(24-14)25-8-12(22)18-19-13(23)11-2-1-7-17-11/h1-7,17H,8H2,(H,18,22)(H,19,23). The van der Waals surface area contributed by atoms with Crippen molar-refractivity contribution in [3.8, 4) is 11.5 Å². The SMILES string of the molecule is O=C(CSc1nnc(-c2ccc(F)cc2)o1)NNC(=O)c1ccc[nH]1. The number of H-pyrrole nitrogens is 1. The number of rotatable bonds is 5. The zero-order valence-corrected chi connectivity index (χ0v) is 13.5. The Bertz CT molecular complexity index is 864. The highest BCUT2D eigenvalue weighted by Gasteiger charge is 2.12. The van der Waals surface area contributed by atoms with Crippen LogP contribution in [0, 0.1) is 5.82 Å². The van der Waals surface area contributed by atoms with E-state index in [1.54, 1.807) is 18.3 Å². The summed E-state index contributed by atoms with van der Waals surface area (Å²) in [5.41, 5.74) is 5.45. The molecule has 1 aromatic carbocycles. The maximum atomic E-state index is 12.9. The molecule has 2 amide bonds. The molecule has 2 heterocycles. The summed E-state index contributed by atoms with van der Waals surface area (Å²) in [6, 6.07) is 8.84. The Morgan fingerprint density at radius 3 is 2.68 bits per heavy atom. The number of nitrogens with zero attached hydrogens (tertiary/aromatic N) is 2. The smallest absolute Gasteiger partial charge is 0.286 e. The van der Waals surface area contributed by atoms with Gasteiger partial charge in [-0.15, -0.1) is 10.2 Å². The number of aromatic amines is 1. The Morgan fingerprint density at radius 1 is 1.16 bits per heavy atom. The molecule has 0 saturated carbocycles. The van der Waals surface area contributed by atoms with Gasteiger partial charge in [0.1, 0.15) is 11.5 Å². The molecule has 128 valence electrons. The molecular weight excluding hydrogens is 349 g/mol. The van der Waals surface area contributed by atoms with Crippen LogP contribution in [0.25, 0.3) is 11.5 Å². The minimum atomic E-state index is -0.459. The number of benzene rings is 1. The van der Waals surface area contributed by atoms with Gasteiger partial charge in [-0.2, -0.15) is 0 Å². The van der Waals surface area contributed by atoms with Gasteiger partial charge in [0.25, 0.3) is 11.1 Å². The monoisotopic (exact) mass is 361 g/mol. The van der Waals surface area contributed by atoms with E-state index in [1.807, 2.05) is 0 Å². The summed E-state index contributed by atoms with van der Waals surface area (Å²) in [6.45, 7) is 0. The number of hydrazine groups is 1. The van der Waals surface area contributed by atoms with Crippen molar-refractivity contribution in [1.29, 1.82) is 0 Å². The van der Waals surface area contributed by atoms with Crippen LogP contribution in [0.4, 0.5) is 4.39 Å². The van der Waals surface area contributed by atoms with Gasteiger partial charge in [0.2, 0.25) is 11.8 Å². The number of halogens is 1. The number of carbonyl (C=O) groups excluding carboxylic acids is 2. The zero-order valence-electron chi connectivity index (χ0n) is 12.7. The largest absolute Gasteiger partial charge is 0.411 e. The van der Waals surface area contributed by atoms with Crippen molar-refractivity contribution in [3.05, 3.63) is 54.1 Å². The van der Waals surface area contributed by atoms with E-state index < -0.39 is 11.8 Å². The molecule has 0 aliphatic rings. The molecule has 10 heteroatoms. The predicted molar refractivity (Wildman–Crippen MR) is 86.8 cm³/mol. The van der Waals surface area contributed by atoms with Crippen molar-refractivity contribution in [3.63, 3.8) is 0 Å². The van der Waals surface area contributed by atoms with Crippen molar-refractivity contribution < 1.29 is 18.4 Å². The van der Waals surface area contributed by atoms with Gasteiger partial charge >= 0.3 is 0 Å². The van der Waals surface area contributed by atoms with Gasteiger partial charge in [-0.3, -0.25) is 20.4 Å². The van der Waals surface area contributed by atoms with E-state index in [1.165, 1.54) is 24.3 Å². The lowest BCUT2D eigenvalue weighted by Gasteiger charge is -2.04. The van der Waals surface area contributed by atoms with Crippen LogP contribution in [0.3, 0.4) is 0 Å². The van der Waals surface area contributed by atoms with Gasteiger partial charge in [0, 0.05) is 11.8 Å². The molecule has 0 radical (unpaired) electrons. The number of hydrogen-bond donors (Lipinski definition) is 3. The first-order valence-electron chi connectivity index (χ1n) is 7.06. The van der Waals surface area contributed by atoms with E-state index >= 15 is 0 Å². The number of amides is 2. The first-order valence-corrected chi connectivity index (χ1v) is 8.05. The molecule has 0 unspecified atom stereocenters. The minimum Gasteiger partial charge on any atom is -0.411 e. The van der Waals surface area contributed by atoms with Gasteiger partial charge < -0.3 is 9.40 Å². The summed E-state index contributed by atoms with van der Waals surface area (Å²) in [6.07, 6.45) is 1.60. The molecule has 3 N–H and O–H groups in total. The second-order valence-electron chi connectivity index (χ2n) is 4.75.